The summed E-state index contributed by atoms with van der Waals surface area (Å²) in [5.41, 5.74) is 8.53. The predicted octanol–water partition coefficient (Wildman–Crippen LogP) is 1.18. The van der Waals surface area contributed by atoms with Crippen LogP contribution in [0.15, 0.2) is 32.5 Å². The molecule has 0 heterocycles. The van der Waals surface area contributed by atoms with Crippen LogP contribution in [0.1, 0.15) is 6.92 Å². The van der Waals surface area contributed by atoms with Gasteiger partial charge in [0, 0.05) is 20.2 Å². The van der Waals surface area contributed by atoms with Crippen molar-refractivity contribution < 1.29 is 4.84 Å². The fourth-order valence-corrected chi connectivity index (χ4v) is 1.04. The fourth-order valence-electron chi connectivity index (χ4n) is 0.840. The predicted molar refractivity (Wildman–Crippen MR) is 63.9 cm³/mol. The SMILES string of the molecule is C=NC(=NC)C(Cl)=C(N)/C=C(\C)ONC. The van der Waals surface area contributed by atoms with Gasteiger partial charge in [-0.15, -0.1) is 0 Å². The van der Waals surface area contributed by atoms with Crippen molar-refractivity contribution in [1.29, 1.82) is 0 Å². The lowest BCUT2D eigenvalue weighted by molar-refractivity contribution is 0.128. The molecule has 15 heavy (non-hydrogen) atoms. The molecule has 0 saturated heterocycles. The van der Waals surface area contributed by atoms with E-state index in [4.69, 9.17) is 22.2 Å². The summed E-state index contributed by atoms with van der Waals surface area (Å²) in [5.74, 6) is 0.871. The molecular formula is C9H15ClN4O. The van der Waals surface area contributed by atoms with Crippen LogP contribution < -0.4 is 11.2 Å². The first-order valence-electron chi connectivity index (χ1n) is 4.17. The zero-order chi connectivity index (χ0) is 11.8. The molecule has 0 aromatic heterocycles. The van der Waals surface area contributed by atoms with Gasteiger partial charge in [0.15, 0.2) is 5.84 Å². The first-order chi connectivity index (χ1) is 7.06. The number of nitrogens with one attached hydrogen (secondary N) is 1. The number of hydrogen-bond donors (Lipinski definition) is 2. The number of hydroxylamine groups is 1. The Labute approximate surface area is 94.3 Å². The Bertz CT molecular complexity index is 320. The van der Waals surface area contributed by atoms with E-state index >= 15 is 0 Å². The highest BCUT2D eigenvalue weighted by molar-refractivity contribution is 6.44. The van der Waals surface area contributed by atoms with Gasteiger partial charge < -0.3 is 10.6 Å². The number of amidine groups is 1. The highest BCUT2D eigenvalue weighted by Gasteiger charge is 2.05. The van der Waals surface area contributed by atoms with Gasteiger partial charge in [-0.2, -0.15) is 5.48 Å². The van der Waals surface area contributed by atoms with Crippen molar-refractivity contribution in [2.75, 3.05) is 14.1 Å². The minimum absolute atomic E-state index is 0.242. The summed E-state index contributed by atoms with van der Waals surface area (Å²) in [4.78, 5) is 12.4. The van der Waals surface area contributed by atoms with Crippen LogP contribution in [0.2, 0.25) is 0 Å². The molecule has 0 aliphatic heterocycles. The van der Waals surface area contributed by atoms with Gasteiger partial charge in [0.25, 0.3) is 0 Å². The van der Waals surface area contributed by atoms with Crippen LogP contribution in [-0.2, 0) is 4.84 Å². The molecule has 5 nitrogen and oxygen atoms in total. The maximum atomic E-state index is 5.91. The Kier molecular flexibility index (Phi) is 6.40. The van der Waals surface area contributed by atoms with E-state index in [-0.39, 0.29) is 5.03 Å². The molecule has 0 aliphatic carbocycles. The number of rotatable bonds is 4. The Balaban J connectivity index is 4.94. The van der Waals surface area contributed by atoms with E-state index in [2.05, 4.69) is 22.2 Å². The van der Waals surface area contributed by atoms with E-state index < -0.39 is 0 Å². The van der Waals surface area contributed by atoms with Crippen molar-refractivity contribution in [3.05, 3.63) is 22.6 Å². The molecule has 6 heteroatoms. The molecule has 0 amide bonds. The third-order valence-corrected chi connectivity index (χ3v) is 1.82. The molecule has 0 fully saturated rings. The van der Waals surface area contributed by atoms with Crippen molar-refractivity contribution in [3.63, 3.8) is 0 Å². The van der Waals surface area contributed by atoms with Crippen LogP contribution in [0.4, 0.5) is 0 Å². The van der Waals surface area contributed by atoms with Gasteiger partial charge in [-0.3, -0.25) is 4.99 Å². The first-order valence-corrected chi connectivity index (χ1v) is 4.55. The molecule has 0 rings (SSSR count). The Morgan fingerprint density at radius 1 is 1.60 bits per heavy atom. The Hall–Kier alpha value is -1.33. The van der Waals surface area contributed by atoms with Crippen LogP contribution in [0, 0.1) is 0 Å². The molecule has 0 unspecified atom stereocenters. The minimum atomic E-state index is 0.242. The smallest absolute Gasteiger partial charge is 0.167 e. The molecule has 0 bridgehead atoms. The monoisotopic (exact) mass is 230 g/mol. The van der Waals surface area contributed by atoms with Crippen LogP contribution in [0.3, 0.4) is 0 Å². The second kappa shape index (κ2) is 7.03. The number of allylic oxidation sites excluding steroid dienone is 2. The number of halogens is 1. The van der Waals surface area contributed by atoms with E-state index in [1.165, 1.54) is 0 Å². The van der Waals surface area contributed by atoms with Gasteiger partial charge in [0.1, 0.15) is 10.8 Å². The zero-order valence-corrected chi connectivity index (χ0v) is 9.80. The molecule has 84 valence electrons. The lowest BCUT2D eigenvalue weighted by Crippen LogP contribution is -2.08. The first kappa shape index (κ1) is 13.7. The van der Waals surface area contributed by atoms with E-state index in [1.54, 1.807) is 27.1 Å². The molecule has 0 radical (unpaired) electrons. The highest BCUT2D eigenvalue weighted by Crippen LogP contribution is 2.11. The topological polar surface area (TPSA) is 72.0 Å². The van der Waals surface area contributed by atoms with Crippen molar-refractivity contribution >= 4 is 24.2 Å². The molecule has 0 atom stereocenters. The standard InChI is InChI=1S/C9H15ClN4O/c1-6(15-14-4)5-7(11)8(10)9(12-2)13-3/h5,14H,2,11H2,1,3-4H3/b6-5+,8-7?,13-9?. The summed E-state index contributed by atoms with van der Waals surface area (Å²) in [6, 6.07) is 0. The van der Waals surface area contributed by atoms with Crippen molar-refractivity contribution in [3.8, 4) is 0 Å². The average molecular weight is 231 g/mol. The summed E-state index contributed by atoms with van der Waals surface area (Å²) in [5, 5.41) is 0.242. The van der Waals surface area contributed by atoms with Crippen LogP contribution >= 0.6 is 11.6 Å². The number of nitrogens with two attached hydrogens (primary N) is 1. The molecule has 0 aliphatic rings. The molecule has 0 spiro atoms. The Morgan fingerprint density at radius 3 is 2.60 bits per heavy atom. The largest absolute Gasteiger partial charge is 0.414 e. The molecule has 0 aromatic carbocycles. The highest BCUT2D eigenvalue weighted by atomic mass is 35.5. The fraction of sp³-hybridized carbons (Fsp3) is 0.333. The van der Waals surface area contributed by atoms with Gasteiger partial charge >= 0.3 is 0 Å². The summed E-state index contributed by atoms with van der Waals surface area (Å²) < 4.78 is 0. The maximum absolute atomic E-state index is 5.91. The lowest BCUT2D eigenvalue weighted by atomic mass is 10.3. The van der Waals surface area contributed by atoms with Gasteiger partial charge in [-0.05, 0) is 13.6 Å². The quantitative estimate of drug-likeness (QED) is 0.250. The number of nitrogens with zero attached hydrogens (tertiary/aromatic N) is 2. The number of hydrogen-bond acceptors (Lipinski definition) is 4. The maximum Gasteiger partial charge on any atom is 0.167 e. The third-order valence-electron chi connectivity index (χ3n) is 1.43. The van der Waals surface area contributed by atoms with Crippen LogP contribution in [0.5, 0.6) is 0 Å². The molecule has 0 aromatic rings. The van der Waals surface area contributed by atoms with Gasteiger partial charge in [0.05, 0.1) is 5.70 Å². The third kappa shape index (κ3) is 4.62. The number of aliphatic imine (C=N–C) groups is 2. The molecule has 3 N–H and O–H groups in total. The molecule has 0 saturated carbocycles. The van der Waals surface area contributed by atoms with E-state index in [1.807, 2.05) is 0 Å². The van der Waals surface area contributed by atoms with E-state index in [0.29, 0.717) is 17.3 Å². The van der Waals surface area contributed by atoms with Gasteiger partial charge in [-0.1, -0.05) is 11.6 Å². The van der Waals surface area contributed by atoms with Crippen LogP contribution in [-0.4, -0.2) is 26.6 Å². The summed E-state index contributed by atoms with van der Waals surface area (Å²) in [7, 11) is 3.20. The zero-order valence-electron chi connectivity index (χ0n) is 9.04. The van der Waals surface area contributed by atoms with Crippen molar-refractivity contribution in [2.45, 2.75) is 6.92 Å². The van der Waals surface area contributed by atoms with Crippen LogP contribution in [0.25, 0.3) is 0 Å². The molecular weight excluding hydrogens is 216 g/mol. The van der Waals surface area contributed by atoms with Gasteiger partial charge in [0.2, 0.25) is 0 Å². The average Bonchev–Trinajstić information content (AvgIpc) is 2.19. The lowest BCUT2D eigenvalue weighted by Gasteiger charge is -2.04. The van der Waals surface area contributed by atoms with Gasteiger partial charge in [-0.25, -0.2) is 4.99 Å². The normalized spacial score (nSPS) is 14.7. The van der Waals surface area contributed by atoms with Crippen molar-refractivity contribution in [1.82, 2.24) is 5.48 Å². The van der Waals surface area contributed by atoms with E-state index in [0.717, 1.165) is 0 Å². The summed E-state index contributed by atoms with van der Waals surface area (Å²) in [6.45, 7) is 5.07. The summed E-state index contributed by atoms with van der Waals surface area (Å²) >= 11 is 5.91. The summed E-state index contributed by atoms with van der Waals surface area (Å²) in [6.07, 6.45) is 1.56. The second-order valence-electron chi connectivity index (χ2n) is 2.54. The van der Waals surface area contributed by atoms with Crippen molar-refractivity contribution in [2.24, 2.45) is 15.7 Å². The Morgan fingerprint density at radius 2 is 2.20 bits per heavy atom. The van der Waals surface area contributed by atoms with E-state index in [9.17, 15) is 0 Å². The second-order valence-corrected chi connectivity index (χ2v) is 2.91. The minimum Gasteiger partial charge on any atom is -0.414 e.